The SMILES string of the molecule is CCC=CC1CCCCO1. The predicted molar refractivity (Wildman–Crippen MR) is 43.0 cm³/mol. The van der Waals surface area contributed by atoms with Crippen molar-refractivity contribution in [1.29, 1.82) is 0 Å². The van der Waals surface area contributed by atoms with Crippen molar-refractivity contribution in [3.05, 3.63) is 12.2 Å². The van der Waals surface area contributed by atoms with Crippen LogP contribution in [0.4, 0.5) is 0 Å². The topological polar surface area (TPSA) is 9.23 Å². The molecule has 1 saturated heterocycles. The minimum absolute atomic E-state index is 0.425. The average Bonchev–Trinajstić information content (AvgIpc) is 2.03. The molecule has 0 spiro atoms. The first kappa shape index (κ1) is 7.80. The quantitative estimate of drug-likeness (QED) is 0.535. The van der Waals surface area contributed by atoms with Crippen molar-refractivity contribution in [2.24, 2.45) is 0 Å². The van der Waals surface area contributed by atoms with Crippen LogP contribution in [0, 0.1) is 0 Å². The Morgan fingerprint density at radius 1 is 1.50 bits per heavy atom. The molecule has 1 rings (SSSR count). The minimum Gasteiger partial charge on any atom is -0.374 e. The van der Waals surface area contributed by atoms with Crippen LogP contribution in [0.2, 0.25) is 0 Å². The lowest BCUT2D eigenvalue weighted by Gasteiger charge is -2.18. The third-order valence-corrected chi connectivity index (χ3v) is 1.80. The maximum atomic E-state index is 5.49. The zero-order chi connectivity index (χ0) is 7.23. The largest absolute Gasteiger partial charge is 0.374 e. The summed E-state index contributed by atoms with van der Waals surface area (Å²) in [6, 6.07) is 0. The summed E-state index contributed by atoms with van der Waals surface area (Å²) in [5.41, 5.74) is 0. The van der Waals surface area contributed by atoms with E-state index in [0.29, 0.717) is 6.10 Å². The second kappa shape index (κ2) is 4.51. The van der Waals surface area contributed by atoms with Gasteiger partial charge in [-0.1, -0.05) is 19.1 Å². The van der Waals surface area contributed by atoms with E-state index < -0.39 is 0 Å². The standard InChI is InChI=1S/C9H16O/c1-2-3-6-9-7-4-5-8-10-9/h3,6,9H,2,4-5,7-8H2,1H3. The van der Waals surface area contributed by atoms with Crippen molar-refractivity contribution in [2.75, 3.05) is 6.61 Å². The third-order valence-electron chi connectivity index (χ3n) is 1.80. The molecular weight excluding hydrogens is 124 g/mol. The fourth-order valence-electron chi connectivity index (χ4n) is 1.21. The first-order valence-corrected chi connectivity index (χ1v) is 4.21. The summed E-state index contributed by atoms with van der Waals surface area (Å²) in [5.74, 6) is 0. The van der Waals surface area contributed by atoms with Crippen LogP contribution in [0.5, 0.6) is 0 Å². The molecule has 10 heavy (non-hydrogen) atoms. The Morgan fingerprint density at radius 2 is 2.40 bits per heavy atom. The number of rotatable bonds is 2. The van der Waals surface area contributed by atoms with Gasteiger partial charge in [-0.05, 0) is 25.7 Å². The average molecular weight is 140 g/mol. The first-order chi connectivity index (χ1) is 4.93. The van der Waals surface area contributed by atoms with Crippen molar-refractivity contribution in [1.82, 2.24) is 0 Å². The number of ether oxygens (including phenoxy) is 1. The van der Waals surface area contributed by atoms with Gasteiger partial charge in [-0.25, -0.2) is 0 Å². The molecule has 0 radical (unpaired) electrons. The van der Waals surface area contributed by atoms with Gasteiger partial charge in [-0.3, -0.25) is 0 Å². The lowest BCUT2D eigenvalue weighted by Crippen LogP contribution is -2.15. The van der Waals surface area contributed by atoms with Gasteiger partial charge in [0.2, 0.25) is 0 Å². The molecule has 58 valence electrons. The van der Waals surface area contributed by atoms with Crippen molar-refractivity contribution >= 4 is 0 Å². The molecule has 1 fully saturated rings. The molecule has 0 amide bonds. The second-order valence-corrected chi connectivity index (χ2v) is 2.74. The summed E-state index contributed by atoms with van der Waals surface area (Å²) in [4.78, 5) is 0. The van der Waals surface area contributed by atoms with Crippen LogP contribution in [-0.4, -0.2) is 12.7 Å². The molecule has 0 bridgehead atoms. The van der Waals surface area contributed by atoms with Crippen molar-refractivity contribution in [3.63, 3.8) is 0 Å². The molecule has 1 heteroatoms. The molecule has 1 nitrogen and oxygen atoms in total. The van der Waals surface area contributed by atoms with Crippen molar-refractivity contribution < 1.29 is 4.74 Å². The Kier molecular flexibility index (Phi) is 3.52. The van der Waals surface area contributed by atoms with Gasteiger partial charge in [-0.15, -0.1) is 0 Å². The molecule has 0 aromatic rings. The number of hydrogen-bond acceptors (Lipinski definition) is 1. The number of hydrogen-bond donors (Lipinski definition) is 0. The summed E-state index contributed by atoms with van der Waals surface area (Å²) in [6.45, 7) is 3.11. The number of allylic oxidation sites excluding steroid dienone is 1. The van der Waals surface area contributed by atoms with Crippen LogP contribution >= 0.6 is 0 Å². The fraction of sp³-hybridized carbons (Fsp3) is 0.778. The van der Waals surface area contributed by atoms with Gasteiger partial charge in [0.25, 0.3) is 0 Å². The van der Waals surface area contributed by atoms with Crippen molar-refractivity contribution in [3.8, 4) is 0 Å². The van der Waals surface area contributed by atoms with E-state index in [1.807, 2.05) is 0 Å². The van der Waals surface area contributed by atoms with Gasteiger partial charge in [0.15, 0.2) is 0 Å². The molecule has 1 unspecified atom stereocenters. The molecule has 1 heterocycles. The summed E-state index contributed by atoms with van der Waals surface area (Å²) in [5, 5.41) is 0. The molecule has 0 saturated carbocycles. The molecule has 1 aliphatic heterocycles. The van der Waals surface area contributed by atoms with E-state index in [1.165, 1.54) is 19.3 Å². The molecule has 0 aliphatic carbocycles. The van der Waals surface area contributed by atoms with Gasteiger partial charge < -0.3 is 4.74 Å². The highest BCUT2D eigenvalue weighted by Crippen LogP contribution is 2.13. The maximum Gasteiger partial charge on any atom is 0.0755 e. The Bertz CT molecular complexity index is 101. The summed E-state index contributed by atoms with van der Waals surface area (Å²) in [7, 11) is 0. The van der Waals surface area contributed by atoms with E-state index >= 15 is 0 Å². The smallest absolute Gasteiger partial charge is 0.0755 e. The predicted octanol–water partition coefficient (Wildman–Crippen LogP) is 2.52. The second-order valence-electron chi connectivity index (χ2n) is 2.74. The van der Waals surface area contributed by atoms with Crippen LogP contribution in [0.1, 0.15) is 32.6 Å². The van der Waals surface area contributed by atoms with Crippen LogP contribution in [0.25, 0.3) is 0 Å². The van der Waals surface area contributed by atoms with Crippen molar-refractivity contribution in [2.45, 2.75) is 38.7 Å². The molecule has 0 N–H and O–H groups in total. The Labute approximate surface area is 63.1 Å². The summed E-state index contributed by atoms with van der Waals surface area (Å²) < 4.78 is 5.49. The molecular formula is C9H16O. The molecule has 1 aliphatic rings. The summed E-state index contributed by atoms with van der Waals surface area (Å²) >= 11 is 0. The first-order valence-electron chi connectivity index (χ1n) is 4.21. The van der Waals surface area contributed by atoms with Crippen LogP contribution in [0.15, 0.2) is 12.2 Å². The Morgan fingerprint density at radius 3 is 3.00 bits per heavy atom. The molecule has 1 atom stereocenters. The highest BCUT2D eigenvalue weighted by atomic mass is 16.5. The maximum absolute atomic E-state index is 5.49. The van der Waals surface area contributed by atoms with Crippen LogP contribution < -0.4 is 0 Å². The molecule has 0 aromatic carbocycles. The van der Waals surface area contributed by atoms with Crippen LogP contribution in [0.3, 0.4) is 0 Å². The zero-order valence-corrected chi connectivity index (χ0v) is 6.68. The van der Waals surface area contributed by atoms with E-state index in [-0.39, 0.29) is 0 Å². The van der Waals surface area contributed by atoms with Gasteiger partial charge in [0.1, 0.15) is 0 Å². The van der Waals surface area contributed by atoms with E-state index in [4.69, 9.17) is 4.74 Å². The Hall–Kier alpha value is -0.300. The van der Waals surface area contributed by atoms with E-state index in [9.17, 15) is 0 Å². The highest BCUT2D eigenvalue weighted by Gasteiger charge is 2.08. The fourth-order valence-corrected chi connectivity index (χ4v) is 1.21. The summed E-state index contributed by atoms with van der Waals surface area (Å²) in [6.07, 6.45) is 9.73. The lowest BCUT2D eigenvalue weighted by molar-refractivity contribution is 0.0465. The van der Waals surface area contributed by atoms with Gasteiger partial charge in [0.05, 0.1) is 6.10 Å². The molecule has 0 aromatic heterocycles. The Balaban J connectivity index is 2.19. The lowest BCUT2D eigenvalue weighted by atomic mass is 10.1. The monoisotopic (exact) mass is 140 g/mol. The minimum atomic E-state index is 0.425. The zero-order valence-electron chi connectivity index (χ0n) is 6.68. The van der Waals surface area contributed by atoms with E-state index in [0.717, 1.165) is 13.0 Å². The van der Waals surface area contributed by atoms with E-state index in [1.54, 1.807) is 0 Å². The highest BCUT2D eigenvalue weighted by molar-refractivity contribution is 4.89. The van der Waals surface area contributed by atoms with Gasteiger partial charge >= 0.3 is 0 Å². The van der Waals surface area contributed by atoms with Gasteiger partial charge in [0, 0.05) is 6.61 Å². The third kappa shape index (κ3) is 2.53. The van der Waals surface area contributed by atoms with E-state index in [2.05, 4.69) is 19.1 Å². The van der Waals surface area contributed by atoms with Gasteiger partial charge in [-0.2, -0.15) is 0 Å². The van der Waals surface area contributed by atoms with Crippen LogP contribution in [-0.2, 0) is 4.74 Å². The normalized spacial score (nSPS) is 27.5.